The zero-order valence-electron chi connectivity index (χ0n) is 14.2. The summed E-state index contributed by atoms with van der Waals surface area (Å²) in [5.41, 5.74) is 5.99. The number of carbonyl (C=O) groups is 2. The number of amides is 2. The molecule has 1 heterocycles. The highest BCUT2D eigenvalue weighted by Crippen LogP contribution is 2.42. The summed E-state index contributed by atoms with van der Waals surface area (Å²) >= 11 is 13.2. The SMILES string of the molecule is N#C/C(C(N)=O)=C1\S[C@@H](Cc2ccc(Cl)cc2Cl)C(=O)N1c1ccc(F)cc1. The lowest BCUT2D eigenvalue weighted by molar-refractivity contribution is -0.117. The molecule has 1 aliphatic heterocycles. The van der Waals surface area contributed by atoms with E-state index in [2.05, 4.69) is 0 Å². The number of halogens is 3. The minimum atomic E-state index is -0.949. The summed E-state index contributed by atoms with van der Waals surface area (Å²) in [4.78, 5) is 26.0. The summed E-state index contributed by atoms with van der Waals surface area (Å²) in [6.07, 6.45) is 0.248. The van der Waals surface area contributed by atoms with E-state index in [9.17, 15) is 19.2 Å². The highest BCUT2D eigenvalue weighted by Gasteiger charge is 2.40. The second-order valence-corrected chi connectivity index (χ2v) is 7.89. The average molecular weight is 436 g/mol. The van der Waals surface area contributed by atoms with Crippen LogP contribution in [-0.4, -0.2) is 17.1 Å². The lowest BCUT2D eigenvalue weighted by Gasteiger charge is -2.18. The van der Waals surface area contributed by atoms with Crippen LogP contribution >= 0.6 is 35.0 Å². The lowest BCUT2D eigenvalue weighted by Crippen LogP contribution is -2.31. The first-order valence-electron chi connectivity index (χ1n) is 7.96. The summed E-state index contributed by atoms with van der Waals surface area (Å²) < 4.78 is 13.3. The molecule has 1 fully saturated rings. The fourth-order valence-electron chi connectivity index (χ4n) is 2.71. The molecular formula is C19H12Cl2FN3O2S. The van der Waals surface area contributed by atoms with Gasteiger partial charge in [-0.3, -0.25) is 14.5 Å². The number of hydrogen-bond donors (Lipinski definition) is 1. The van der Waals surface area contributed by atoms with Crippen LogP contribution in [0.3, 0.4) is 0 Å². The van der Waals surface area contributed by atoms with Gasteiger partial charge in [0.1, 0.15) is 22.5 Å². The molecule has 5 nitrogen and oxygen atoms in total. The van der Waals surface area contributed by atoms with Gasteiger partial charge in [-0.05, 0) is 48.4 Å². The van der Waals surface area contributed by atoms with Crippen LogP contribution in [0.25, 0.3) is 0 Å². The van der Waals surface area contributed by atoms with E-state index in [1.54, 1.807) is 24.3 Å². The number of hydrogen-bond acceptors (Lipinski definition) is 4. The smallest absolute Gasteiger partial charge is 0.262 e. The van der Waals surface area contributed by atoms with Gasteiger partial charge < -0.3 is 5.73 Å². The Morgan fingerprint density at radius 3 is 2.50 bits per heavy atom. The van der Waals surface area contributed by atoms with E-state index in [0.29, 0.717) is 21.3 Å². The van der Waals surface area contributed by atoms with Gasteiger partial charge in [-0.1, -0.05) is 41.0 Å². The lowest BCUT2D eigenvalue weighted by atomic mass is 10.1. The van der Waals surface area contributed by atoms with Crippen molar-refractivity contribution in [3.8, 4) is 6.07 Å². The molecule has 9 heteroatoms. The fraction of sp³-hybridized carbons (Fsp3) is 0.105. The summed E-state index contributed by atoms with van der Waals surface area (Å²) in [5.74, 6) is -1.80. The minimum Gasteiger partial charge on any atom is -0.365 e. The first kappa shape index (κ1) is 20.2. The van der Waals surface area contributed by atoms with Crippen molar-refractivity contribution in [2.24, 2.45) is 5.73 Å². The fourth-order valence-corrected chi connectivity index (χ4v) is 4.50. The van der Waals surface area contributed by atoms with Crippen LogP contribution < -0.4 is 10.6 Å². The Kier molecular flexibility index (Phi) is 5.94. The molecule has 2 amide bonds. The van der Waals surface area contributed by atoms with Crippen molar-refractivity contribution in [2.75, 3.05) is 4.90 Å². The number of nitrogens with zero attached hydrogens (tertiary/aromatic N) is 2. The number of primary amides is 1. The Labute approximate surface area is 174 Å². The Bertz CT molecular complexity index is 1030. The number of benzene rings is 2. The molecule has 1 aliphatic rings. The number of nitrogens with two attached hydrogens (primary N) is 1. The van der Waals surface area contributed by atoms with Crippen molar-refractivity contribution in [2.45, 2.75) is 11.7 Å². The molecule has 2 aromatic carbocycles. The van der Waals surface area contributed by atoms with Gasteiger partial charge in [0, 0.05) is 15.7 Å². The average Bonchev–Trinajstić information content (AvgIpc) is 2.95. The molecule has 0 saturated carbocycles. The number of carbonyl (C=O) groups excluding carboxylic acids is 2. The molecule has 1 saturated heterocycles. The number of nitriles is 1. The molecular weight excluding hydrogens is 424 g/mol. The van der Waals surface area contributed by atoms with Crippen LogP contribution in [0.4, 0.5) is 10.1 Å². The van der Waals surface area contributed by atoms with E-state index in [-0.39, 0.29) is 22.9 Å². The highest BCUT2D eigenvalue weighted by molar-refractivity contribution is 8.05. The second-order valence-electron chi connectivity index (χ2n) is 5.85. The summed E-state index contributed by atoms with van der Waals surface area (Å²) in [5, 5.41) is 9.68. The molecule has 2 N–H and O–H groups in total. The van der Waals surface area contributed by atoms with Gasteiger partial charge in [-0.2, -0.15) is 5.26 Å². The summed E-state index contributed by atoms with van der Waals surface area (Å²) in [7, 11) is 0. The quantitative estimate of drug-likeness (QED) is 0.579. The minimum absolute atomic E-state index is 0.113. The highest BCUT2D eigenvalue weighted by atomic mass is 35.5. The molecule has 0 aliphatic carbocycles. The van der Waals surface area contributed by atoms with E-state index in [1.165, 1.54) is 29.2 Å². The molecule has 0 unspecified atom stereocenters. The van der Waals surface area contributed by atoms with Crippen LogP contribution in [0.5, 0.6) is 0 Å². The van der Waals surface area contributed by atoms with Crippen molar-refractivity contribution in [3.63, 3.8) is 0 Å². The van der Waals surface area contributed by atoms with Crippen LogP contribution in [0, 0.1) is 17.1 Å². The van der Waals surface area contributed by atoms with Gasteiger partial charge in [0.25, 0.3) is 5.91 Å². The standard InChI is InChI=1S/C19H12Cl2FN3O2S/c20-11-2-1-10(15(21)8-11)7-16-18(27)25(13-5-3-12(22)4-6-13)19(28-16)14(9-23)17(24)26/h1-6,8,16H,7H2,(H2,24,26)/b19-14+/t16-/m0/s1. The third-order valence-electron chi connectivity index (χ3n) is 4.03. The molecule has 3 rings (SSSR count). The monoisotopic (exact) mass is 435 g/mol. The molecule has 2 aromatic rings. The first-order valence-corrected chi connectivity index (χ1v) is 9.59. The van der Waals surface area contributed by atoms with Gasteiger partial charge in [-0.25, -0.2) is 4.39 Å². The maximum atomic E-state index is 13.3. The van der Waals surface area contributed by atoms with Gasteiger partial charge in [0.2, 0.25) is 5.91 Å². The van der Waals surface area contributed by atoms with Crippen LogP contribution in [0.15, 0.2) is 53.1 Å². The Hall–Kier alpha value is -2.53. The van der Waals surface area contributed by atoms with E-state index < -0.39 is 17.0 Å². The van der Waals surface area contributed by atoms with Gasteiger partial charge >= 0.3 is 0 Å². The number of anilines is 1. The maximum absolute atomic E-state index is 13.3. The first-order chi connectivity index (χ1) is 13.3. The summed E-state index contributed by atoms with van der Waals surface area (Å²) in [6, 6.07) is 11.8. The van der Waals surface area contributed by atoms with Crippen molar-refractivity contribution in [1.29, 1.82) is 5.26 Å². The zero-order valence-corrected chi connectivity index (χ0v) is 16.5. The molecule has 0 aromatic heterocycles. The predicted molar refractivity (Wildman–Crippen MR) is 107 cm³/mol. The topological polar surface area (TPSA) is 87.2 Å². The number of rotatable bonds is 4. The summed E-state index contributed by atoms with van der Waals surface area (Å²) in [6.45, 7) is 0. The van der Waals surface area contributed by atoms with Crippen LogP contribution in [0.1, 0.15) is 5.56 Å². The van der Waals surface area contributed by atoms with Gasteiger partial charge in [-0.15, -0.1) is 0 Å². The van der Waals surface area contributed by atoms with Crippen molar-refractivity contribution in [1.82, 2.24) is 0 Å². The van der Waals surface area contributed by atoms with E-state index in [1.807, 2.05) is 0 Å². The maximum Gasteiger partial charge on any atom is 0.262 e. The van der Waals surface area contributed by atoms with Crippen molar-refractivity contribution >= 4 is 52.5 Å². The van der Waals surface area contributed by atoms with E-state index in [0.717, 1.165) is 11.8 Å². The predicted octanol–water partition coefficient (Wildman–Crippen LogP) is 4.04. The second kappa shape index (κ2) is 8.23. The van der Waals surface area contributed by atoms with Crippen molar-refractivity contribution < 1.29 is 14.0 Å². The van der Waals surface area contributed by atoms with Gasteiger partial charge in [0.05, 0.1) is 5.25 Å². The van der Waals surface area contributed by atoms with E-state index >= 15 is 0 Å². The molecule has 0 radical (unpaired) electrons. The molecule has 28 heavy (non-hydrogen) atoms. The van der Waals surface area contributed by atoms with Crippen LogP contribution in [0.2, 0.25) is 10.0 Å². The van der Waals surface area contributed by atoms with Crippen LogP contribution in [-0.2, 0) is 16.0 Å². The number of thioether (sulfide) groups is 1. The molecule has 0 spiro atoms. The third kappa shape index (κ3) is 3.99. The molecule has 142 valence electrons. The van der Waals surface area contributed by atoms with E-state index in [4.69, 9.17) is 28.9 Å². The Balaban J connectivity index is 2.04. The third-order valence-corrected chi connectivity index (χ3v) is 5.88. The Morgan fingerprint density at radius 2 is 1.93 bits per heavy atom. The van der Waals surface area contributed by atoms with Gasteiger partial charge in [0.15, 0.2) is 0 Å². The largest absolute Gasteiger partial charge is 0.365 e. The zero-order chi connectivity index (χ0) is 20.4. The normalized spacial score (nSPS) is 18.1. The molecule has 0 bridgehead atoms. The molecule has 1 atom stereocenters. The van der Waals surface area contributed by atoms with Crippen molar-refractivity contribution in [3.05, 3.63) is 74.5 Å². The Morgan fingerprint density at radius 1 is 1.25 bits per heavy atom.